The molecule has 0 aromatic heterocycles. The van der Waals surface area contributed by atoms with Gasteiger partial charge in [0.15, 0.2) is 17.3 Å². The van der Waals surface area contributed by atoms with E-state index < -0.39 is 5.92 Å². The summed E-state index contributed by atoms with van der Waals surface area (Å²) in [5.41, 5.74) is 0. The van der Waals surface area contributed by atoms with Crippen LogP contribution < -0.4 is 0 Å². The Balaban J connectivity index is 2.81. The van der Waals surface area contributed by atoms with Gasteiger partial charge in [0.2, 0.25) is 0 Å². The van der Waals surface area contributed by atoms with E-state index in [0.29, 0.717) is 12.8 Å². The molecule has 3 heteroatoms. The van der Waals surface area contributed by atoms with E-state index in [1.54, 1.807) is 6.92 Å². The number of Topliss-reactive ketones (excluding diaryl/α,β-unsaturated/α-hetero) is 3. The van der Waals surface area contributed by atoms with Gasteiger partial charge >= 0.3 is 0 Å². The fraction of sp³-hybridized carbons (Fsp3) is 0.700. The monoisotopic (exact) mass is 182 g/mol. The molecule has 0 unspecified atom stereocenters. The van der Waals surface area contributed by atoms with E-state index in [-0.39, 0.29) is 23.8 Å². The molecule has 3 nitrogen and oxygen atoms in total. The van der Waals surface area contributed by atoms with Crippen molar-refractivity contribution in [1.82, 2.24) is 0 Å². The van der Waals surface area contributed by atoms with E-state index in [1.165, 1.54) is 0 Å². The standard InChI is InChI=1S/C10H14O3/c1-2-7(11)10-8(12)5-3-4-6-9(10)13/h10H,2-6H2,1H3. The maximum atomic E-state index is 11.4. The fourth-order valence-corrected chi connectivity index (χ4v) is 1.63. The predicted molar refractivity (Wildman–Crippen MR) is 47.3 cm³/mol. The number of ketones is 3. The van der Waals surface area contributed by atoms with E-state index in [1.807, 2.05) is 0 Å². The molecule has 1 saturated carbocycles. The summed E-state index contributed by atoms with van der Waals surface area (Å²) in [6.07, 6.45) is 2.56. The lowest BCUT2D eigenvalue weighted by Gasteiger charge is -2.08. The molecule has 1 aliphatic rings. The van der Waals surface area contributed by atoms with Crippen molar-refractivity contribution in [3.05, 3.63) is 0 Å². The Labute approximate surface area is 77.5 Å². The number of hydrogen-bond donors (Lipinski definition) is 0. The Morgan fingerprint density at radius 1 is 1.23 bits per heavy atom. The summed E-state index contributed by atoms with van der Waals surface area (Å²) in [5.74, 6) is -1.48. The summed E-state index contributed by atoms with van der Waals surface area (Å²) in [6.45, 7) is 1.69. The first-order valence-corrected chi connectivity index (χ1v) is 4.75. The minimum atomic E-state index is -0.924. The Bertz CT molecular complexity index is 225. The van der Waals surface area contributed by atoms with Gasteiger partial charge in [-0.15, -0.1) is 0 Å². The molecule has 0 aromatic carbocycles. The van der Waals surface area contributed by atoms with E-state index in [2.05, 4.69) is 0 Å². The van der Waals surface area contributed by atoms with Gasteiger partial charge in [-0.3, -0.25) is 14.4 Å². The van der Waals surface area contributed by atoms with E-state index in [9.17, 15) is 14.4 Å². The quantitative estimate of drug-likeness (QED) is 0.477. The fourth-order valence-electron chi connectivity index (χ4n) is 1.63. The average molecular weight is 182 g/mol. The first-order valence-electron chi connectivity index (χ1n) is 4.75. The molecular formula is C10H14O3. The lowest BCUT2D eigenvalue weighted by molar-refractivity contribution is -0.139. The second-order valence-electron chi connectivity index (χ2n) is 3.39. The van der Waals surface area contributed by atoms with E-state index in [0.717, 1.165) is 12.8 Å². The maximum Gasteiger partial charge on any atom is 0.150 e. The van der Waals surface area contributed by atoms with Crippen molar-refractivity contribution in [3.8, 4) is 0 Å². The van der Waals surface area contributed by atoms with Gasteiger partial charge in [-0.05, 0) is 12.8 Å². The summed E-state index contributed by atoms with van der Waals surface area (Å²) in [6, 6.07) is 0. The molecule has 0 aromatic rings. The molecule has 0 bridgehead atoms. The third-order valence-corrected chi connectivity index (χ3v) is 2.41. The SMILES string of the molecule is CCC(=O)C1C(=O)CCCCC1=O. The van der Waals surface area contributed by atoms with Crippen molar-refractivity contribution < 1.29 is 14.4 Å². The van der Waals surface area contributed by atoms with Crippen LogP contribution in [-0.4, -0.2) is 17.3 Å². The van der Waals surface area contributed by atoms with Crippen LogP contribution in [0.4, 0.5) is 0 Å². The molecule has 0 N–H and O–H groups in total. The average Bonchev–Trinajstić information content (AvgIpc) is 2.27. The van der Waals surface area contributed by atoms with Gasteiger partial charge in [0.05, 0.1) is 0 Å². The summed E-state index contributed by atoms with van der Waals surface area (Å²) in [4.78, 5) is 34.1. The van der Waals surface area contributed by atoms with Crippen molar-refractivity contribution in [3.63, 3.8) is 0 Å². The van der Waals surface area contributed by atoms with Gasteiger partial charge in [-0.1, -0.05) is 6.92 Å². The maximum absolute atomic E-state index is 11.4. The lowest BCUT2D eigenvalue weighted by Crippen LogP contribution is -2.29. The van der Waals surface area contributed by atoms with Gasteiger partial charge < -0.3 is 0 Å². The van der Waals surface area contributed by atoms with E-state index >= 15 is 0 Å². The van der Waals surface area contributed by atoms with Gasteiger partial charge in [0.25, 0.3) is 0 Å². The van der Waals surface area contributed by atoms with Crippen molar-refractivity contribution in [2.45, 2.75) is 39.0 Å². The highest BCUT2D eigenvalue weighted by Gasteiger charge is 2.32. The van der Waals surface area contributed by atoms with Gasteiger partial charge in [-0.2, -0.15) is 0 Å². The van der Waals surface area contributed by atoms with Crippen molar-refractivity contribution >= 4 is 17.3 Å². The van der Waals surface area contributed by atoms with Crippen LogP contribution in [-0.2, 0) is 14.4 Å². The number of hydrogen-bond acceptors (Lipinski definition) is 3. The molecule has 0 atom stereocenters. The molecule has 1 aliphatic carbocycles. The van der Waals surface area contributed by atoms with Crippen LogP contribution in [0.3, 0.4) is 0 Å². The van der Waals surface area contributed by atoms with Crippen LogP contribution in [0.2, 0.25) is 0 Å². The minimum absolute atomic E-state index is 0.172. The lowest BCUT2D eigenvalue weighted by atomic mass is 9.92. The van der Waals surface area contributed by atoms with Gasteiger partial charge in [-0.25, -0.2) is 0 Å². The largest absolute Gasteiger partial charge is 0.298 e. The third-order valence-electron chi connectivity index (χ3n) is 2.41. The summed E-state index contributed by atoms with van der Waals surface area (Å²) in [7, 11) is 0. The number of carbonyl (C=O) groups excluding carboxylic acids is 3. The summed E-state index contributed by atoms with van der Waals surface area (Å²) >= 11 is 0. The first-order chi connectivity index (χ1) is 6.16. The van der Waals surface area contributed by atoms with Gasteiger partial charge in [0, 0.05) is 19.3 Å². The highest BCUT2D eigenvalue weighted by atomic mass is 16.2. The van der Waals surface area contributed by atoms with E-state index in [4.69, 9.17) is 0 Å². The topological polar surface area (TPSA) is 51.2 Å². The number of carbonyl (C=O) groups is 3. The zero-order chi connectivity index (χ0) is 9.84. The minimum Gasteiger partial charge on any atom is -0.298 e. The highest BCUT2D eigenvalue weighted by molar-refractivity contribution is 6.19. The molecule has 13 heavy (non-hydrogen) atoms. The third kappa shape index (κ3) is 2.23. The van der Waals surface area contributed by atoms with Crippen LogP contribution in [0.25, 0.3) is 0 Å². The molecule has 0 spiro atoms. The van der Waals surface area contributed by atoms with Crippen LogP contribution in [0.5, 0.6) is 0 Å². The van der Waals surface area contributed by atoms with Crippen molar-refractivity contribution in [2.75, 3.05) is 0 Å². The Morgan fingerprint density at radius 3 is 2.08 bits per heavy atom. The van der Waals surface area contributed by atoms with Crippen LogP contribution in [0.15, 0.2) is 0 Å². The molecule has 0 heterocycles. The smallest absolute Gasteiger partial charge is 0.150 e. The van der Waals surface area contributed by atoms with Crippen LogP contribution in [0, 0.1) is 5.92 Å². The van der Waals surface area contributed by atoms with Crippen LogP contribution >= 0.6 is 0 Å². The zero-order valence-corrected chi connectivity index (χ0v) is 7.84. The molecule has 0 amide bonds. The van der Waals surface area contributed by atoms with Gasteiger partial charge in [0.1, 0.15) is 5.92 Å². The normalized spacial score (nSPS) is 20.1. The predicted octanol–water partition coefficient (Wildman–Crippen LogP) is 1.29. The molecule has 1 rings (SSSR count). The summed E-state index contributed by atoms with van der Waals surface area (Å²) in [5, 5.41) is 0. The molecule has 0 aliphatic heterocycles. The Kier molecular flexibility index (Phi) is 3.34. The summed E-state index contributed by atoms with van der Waals surface area (Å²) < 4.78 is 0. The molecule has 0 saturated heterocycles. The second kappa shape index (κ2) is 4.30. The number of rotatable bonds is 2. The Morgan fingerprint density at radius 2 is 1.69 bits per heavy atom. The second-order valence-corrected chi connectivity index (χ2v) is 3.39. The van der Waals surface area contributed by atoms with Crippen molar-refractivity contribution in [2.24, 2.45) is 5.92 Å². The molecular weight excluding hydrogens is 168 g/mol. The molecule has 1 fully saturated rings. The molecule has 72 valence electrons. The Hall–Kier alpha value is -0.990. The van der Waals surface area contributed by atoms with Crippen molar-refractivity contribution in [1.29, 1.82) is 0 Å². The van der Waals surface area contributed by atoms with Crippen LogP contribution in [0.1, 0.15) is 39.0 Å². The first kappa shape index (κ1) is 10.1. The zero-order valence-electron chi connectivity index (χ0n) is 7.84. The highest BCUT2D eigenvalue weighted by Crippen LogP contribution is 2.18. The molecule has 0 radical (unpaired) electrons.